The van der Waals surface area contributed by atoms with Gasteiger partial charge in [-0.1, -0.05) is 42.5 Å². The number of nitrogens with one attached hydrogen (secondary N) is 1. The van der Waals surface area contributed by atoms with Gasteiger partial charge in [0.1, 0.15) is 0 Å². The van der Waals surface area contributed by atoms with Crippen LogP contribution in [0.3, 0.4) is 0 Å². The molecular weight excluding hydrogens is 288 g/mol. The smallest absolute Gasteiger partial charge is 0.322 e. The highest BCUT2D eigenvalue weighted by atomic mass is 16.3. The lowest BCUT2D eigenvalue weighted by atomic mass is 9.93. The molecule has 1 atom stereocenters. The zero-order valence-electron chi connectivity index (χ0n) is 13.5. The van der Waals surface area contributed by atoms with E-state index in [4.69, 9.17) is 0 Å². The van der Waals surface area contributed by atoms with Gasteiger partial charge < -0.3 is 15.3 Å². The van der Waals surface area contributed by atoms with Crippen molar-refractivity contribution in [2.24, 2.45) is 0 Å². The second kappa shape index (κ2) is 6.42. The fourth-order valence-corrected chi connectivity index (χ4v) is 3.28. The predicted octanol–water partition coefficient (Wildman–Crippen LogP) is 3.43. The van der Waals surface area contributed by atoms with Crippen LogP contribution in [0.25, 0.3) is 0 Å². The van der Waals surface area contributed by atoms with Gasteiger partial charge in [0.05, 0.1) is 12.6 Å². The zero-order valence-corrected chi connectivity index (χ0v) is 13.5. The molecule has 0 fully saturated rings. The SMILES string of the molecule is Cc1cccc(C)c1NC(=O)N1CCc2ccccc2C1CO. The van der Waals surface area contributed by atoms with Crippen molar-refractivity contribution >= 4 is 11.7 Å². The van der Waals surface area contributed by atoms with Gasteiger partial charge in [-0.2, -0.15) is 0 Å². The molecule has 2 amide bonds. The molecule has 0 aliphatic carbocycles. The fourth-order valence-electron chi connectivity index (χ4n) is 3.28. The van der Waals surface area contributed by atoms with Gasteiger partial charge >= 0.3 is 6.03 Å². The van der Waals surface area contributed by atoms with Crippen LogP contribution >= 0.6 is 0 Å². The summed E-state index contributed by atoms with van der Waals surface area (Å²) in [6.07, 6.45) is 0.812. The molecule has 0 spiro atoms. The second-order valence-corrected chi connectivity index (χ2v) is 6.04. The fraction of sp³-hybridized carbons (Fsp3) is 0.316. The minimum absolute atomic E-state index is 0.0722. The molecule has 1 unspecified atom stereocenters. The third kappa shape index (κ3) is 2.94. The largest absolute Gasteiger partial charge is 0.394 e. The van der Waals surface area contributed by atoms with E-state index in [0.717, 1.165) is 28.8 Å². The average Bonchev–Trinajstić information content (AvgIpc) is 2.57. The number of urea groups is 1. The number of fused-ring (bicyclic) bond motifs is 1. The number of aryl methyl sites for hydroxylation is 2. The highest BCUT2D eigenvalue weighted by Crippen LogP contribution is 2.30. The number of hydrogen-bond acceptors (Lipinski definition) is 2. The van der Waals surface area contributed by atoms with Gasteiger partial charge in [0.25, 0.3) is 0 Å². The van der Waals surface area contributed by atoms with E-state index in [-0.39, 0.29) is 18.7 Å². The minimum Gasteiger partial charge on any atom is -0.394 e. The maximum Gasteiger partial charge on any atom is 0.322 e. The third-order valence-electron chi connectivity index (χ3n) is 4.56. The van der Waals surface area contributed by atoms with Crippen molar-refractivity contribution in [3.8, 4) is 0 Å². The Bertz CT molecular complexity index is 707. The molecule has 23 heavy (non-hydrogen) atoms. The number of carbonyl (C=O) groups is 1. The van der Waals surface area contributed by atoms with Crippen molar-refractivity contribution < 1.29 is 9.90 Å². The van der Waals surface area contributed by atoms with Crippen LogP contribution in [0.1, 0.15) is 28.3 Å². The van der Waals surface area contributed by atoms with Crippen molar-refractivity contribution in [1.82, 2.24) is 4.90 Å². The topological polar surface area (TPSA) is 52.6 Å². The summed E-state index contributed by atoms with van der Waals surface area (Å²) < 4.78 is 0. The Kier molecular flexibility index (Phi) is 4.35. The van der Waals surface area contributed by atoms with E-state index in [9.17, 15) is 9.90 Å². The zero-order chi connectivity index (χ0) is 16.4. The number of carbonyl (C=O) groups excluding carboxylic acids is 1. The quantitative estimate of drug-likeness (QED) is 0.893. The Morgan fingerprint density at radius 2 is 1.87 bits per heavy atom. The maximum atomic E-state index is 12.8. The van der Waals surface area contributed by atoms with E-state index in [1.807, 2.05) is 50.2 Å². The summed E-state index contributed by atoms with van der Waals surface area (Å²) in [7, 11) is 0. The molecule has 1 aliphatic heterocycles. The standard InChI is InChI=1S/C19H22N2O2/c1-13-6-5-7-14(2)18(13)20-19(23)21-11-10-15-8-3-4-9-16(15)17(21)12-22/h3-9,17,22H,10-12H2,1-2H3,(H,20,23). The summed E-state index contributed by atoms with van der Waals surface area (Å²) in [6, 6.07) is 13.5. The predicted molar refractivity (Wildman–Crippen MR) is 91.6 cm³/mol. The summed E-state index contributed by atoms with van der Waals surface area (Å²) in [5.74, 6) is 0. The van der Waals surface area contributed by atoms with Gasteiger partial charge in [-0.25, -0.2) is 4.79 Å². The van der Waals surface area contributed by atoms with Crippen LogP contribution in [0.15, 0.2) is 42.5 Å². The van der Waals surface area contributed by atoms with Gasteiger partial charge in [0, 0.05) is 12.2 Å². The molecule has 0 aromatic heterocycles. The first-order valence-electron chi connectivity index (χ1n) is 7.94. The number of aliphatic hydroxyl groups excluding tert-OH is 1. The van der Waals surface area contributed by atoms with E-state index < -0.39 is 0 Å². The Labute approximate surface area is 136 Å². The first-order chi connectivity index (χ1) is 11.1. The average molecular weight is 310 g/mol. The summed E-state index contributed by atoms with van der Waals surface area (Å²) >= 11 is 0. The first-order valence-corrected chi connectivity index (χ1v) is 7.94. The Morgan fingerprint density at radius 3 is 2.57 bits per heavy atom. The first kappa shape index (κ1) is 15.6. The summed E-state index contributed by atoms with van der Waals surface area (Å²) in [4.78, 5) is 14.5. The number of para-hydroxylation sites is 1. The second-order valence-electron chi connectivity index (χ2n) is 6.04. The van der Waals surface area contributed by atoms with Crippen LogP contribution in [0.4, 0.5) is 10.5 Å². The van der Waals surface area contributed by atoms with Gasteiger partial charge in [-0.15, -0.1) is 0 Å². The van der Waals surface area contributed by atoms with Crippen LogP contribution in [0.5, 0.6) is 0 Å². The highest BCUT2D eigenvalue weighted by molar-refractivity contribution is 5.91. The van der Waals surface area contributed by atoms with Crippen LogP contribution in [0, 0.1) is 13.8 Å². The molecule has 120 valence electrons. The van der Waals surface area contributed by atoms with E-state index >= 15 is 0 Å². The molecule has 3 rings (SSSR count). The van der Waals surface area contributed by atoms with E-state index in [0.29, 0.717) is 6.54 Å². The maximum absolute atomic E-state index is 12.8. The summed E-state index contributed by atoms with van der Waals surface area (Å²) in [5.41, 5.74) is 5.18. The normalized spacial score (nSPS) is 16.8. The van der Waals surface area contributed by atoms with E-state index in [1.54, 1.807) is 4.90 Å². The van der Waals surface area contributed by atoms with Crippen molar-refractivity contribution in [1.29, 1.82) is 0 Å². The van der Waals surface area contributed by atoms with Crippen molar-refractivity contribution in [3.63, 3.8) is 0 Å². The van der Waals surface area contributed by atoms with Crippen LogP contribution < -0.4 is 5.32 Å². The Hall–Kier alpha value is -2.33. The number of nitrogens with zero attached hydrogens (tertiary/aromatic N) is 1. The number of aliphatic hydroxyl groups is 1. The summed E-state index contributed by atoms with van der Waals surface area (Å²) in [6.45, 7) is 4.51. The number of benzene rings is 2. The minimum atomic E-state index is -0.288. The molecule has 0 bridgehead atoms. The third-order valence-corrected chi connectivity index (χ3v) is 4.56. The van der Waals surface area contributed by atoms with E-state index in [2.05, 4.69) is 11.4 Å². The van der Waals surface area contributed by atoms with Crippen LogP contribution in [-0.4, -0.2) is 29.2 Å². The molecule has 2 aromatic rings. The molecule has 1 aliphatic rings. The van der Waals surface area contributed by atoms with Gasteiger partial charge in [-0.05, 0) is 42.5 Å². The van der Waals surface area contributed by atoms with Crippen molar-refractivity contribution in [2.45, 2.75) is 26.3 Å². The molecule has 1 heterocycles. The Morgan fingerprint density at radius 1 is 1.17 bits per heavy atom. The number of anilines is 1. The summed E-state index contributed by atoms with van der Waals surface area (Å²) in [5, 5.41) is 12.8. The molecule has 2 N–H and O–H groups in total. The molecule has 4 nitrogen and oxygen atoms in total. The van der Waals surface area contributed by atoms with Gasteiger partial charge in [-0.3, -0.25) is 0 Å². The molecule has 0 saturated carbocycles. The lowest BCUT2D eigenvalue weighted by Gasteiger charge is -2.36. The highest BCUT2D eigenvalue weighted by Gasteiger charge is 2.30. The number of amides is 2. The van der Waals surface area contributed by atoms with Crippen molar-refractivity contribution in [3.05, 3.63) is 64.7 Å². The molecule has 0 saturated heterocycles. The van der Waals surface area contributed by atoms with Gasteiger partial charge in [0.15, 0.2) is 0 Å². The van der Waals surface area contributed by atoms with Crippen LogP contribution in [0.2, 0.25) is 0 Å². The lowest BCUT2D eigenvalue weighted by Crippen LogP contribution is -2.44. The monoisotopic (exact) mass is 310 g/mol. The molecular formula is C19H22N2O2. The Balaban J connectivity index is 1.85. The van der Waals surface area contributed by atoms with Gasteiger partial charge in [0.2, 0.25) is 0 Å². The van der Waals surface area contributed by atoms with Crippen LogP contribution in [-0.2, 0) is 6.42 Å². The number of rotatable bonds is 2. The van der Waals surface area contributed by atoms with Crippen molar-refractivity contribution in [2.75, 3.05) is 18.5 Å². The lowest BCUT2D eigenvalue weighted by molar-refractivity contribution is 0.135. The molecule has 2 aromatic carbocycles. The van der Waals surface area contributed by atoms with E-state index in [1.165, 1.54) is 5.56 Å². The number of hydrogen-bond donors (Lipinski definition) is 2. The molecule has 0 radical (unpaired) electrons. The molecule has 4 heteroatoms.